The second-order valence-electron chi connectivity index (χ2n) is 7.87. The SMILES string of the molecule is [B]c1cc(C(=O)C=C(SC)SC)cc2c1N(Cc1ccc(OC)cc1)C(=O)C21CCC1. The lowest BCUT2D eigenvalue weighted by molar-refractivity contribution is -0.126. The van der Waals surface area contributed by atoms with E-state index in [0.717, 1.165) is 46.1 Å². The largest absolute Gasteiger partial charge is 0.497 e. The Bertz CT molecular complexity index is 1060. The number of fused-ring (bicyclic) bond motifs is 2. The molecule has 1 aliphatic carbocycles. The van der Waals surface area contributed by atoms with Crippen molar-refractivity contribution in [1.29, 1.82) is 0 Å². The van der Waals surface area contributed by atoms with Gasteiger partial charge < -0.3 is 9.64 Å². The van der Waals surface area contributed by atoms with Crippen LogP contribution in [-0.2, 0) is 16.8 Å². The molecule has 2 aliphatic rings. The van der Waals surface area contributed by atoms with Gasteiger partial charge in [0.1, 0.15) is 13.6 Å². The number of anilines is 1. The van der Waals surface area contributed by atoms with E-state index in [0.29, 0.717) is 17.6 Å². The van der Waals surface area contributed by atoms with Gasteiger partial charge in [0, 0.05) is 21.6 Å². The molecule has 31 heavy (non-hydrogen) atoms. The van der Waals surface area contributed by atoms with Crippen LogP contribution >= 0.6 is 23.5 Å². The molecule has 2 aromatic rings. The number of nitrogens with zero attached hydrogens (tertiary/aromatic N) is 1. The van der Waals surface area contributed by atoms with Crippen molar-refractivity contribution in [3.63, 3.8) is 0 Å². The number of thioether (sulfide) groups is 2. The van der Waals surface area contributed by atoms with Crippen LogP contribution < -0.4 is 15.1 Å². The predicted molar refractivity (Wildman–Crippen MR) is 131 cm³/mol. The van der Waals surface area contributed by atoms with Crippen molar-refractivity contribution in [2.45, 2.75) is 31.2 Å². The summed E-state index contributed by atoms with van der Waals surface area (Å²) in [5.74, 6) is 0.784. The molecule has 1 spiro atoms. The fourth-order valence-electron chi connectivity index (χ4n) is 4.41. The number of rotatable bonds is 7. The standard InChI is InChI=1S/C24H24BNO3S2/c1-29-17-7-5-15(6-8-17)14-26-22-18(24(23(26)28)9-4-10-24)11-16(12-19(22)25)20(27)13-21(30-2)31-3/h5-8,11-13H,4,9-10,14H2,1-3H3. The molecule has 1 heterocycles. The fourth-order valence-corrected chi connectivity index (χ4v) is 5.53. The van der Waals surface area contributed by atoms with Gasteiger partial charge in [0.2, 0.25) is 5.91 Å². The van der Waals surface area contributed by atoms with Crippen molar-refractivity contribution in [1.82, 2.24) is 0 Å². The lowest BCUT2D eigenvalue weighted by Crippen LogP contribution is -2.45. The molecule has 1 amide bonds. The van der Waals surface area contributed by atoms with Crippen LogP contribution in [0.25, 0.3) is 0 Å². The number of amides is 1. The zero-order valence-corrected chi connectivity index (χ0v) is 19.6. The highest BCUT2D eigenvalue weighted by atomic mass is 32.2. The van der Waals surface area contributed by atoms with Crippen LogP contribution in [0.3, 0.4) is 0 Å². The lowest BCUT2D eigenvalue weighted by atomic mass is 9.64. The molecular formula is C24H24BNO3S2. The van der Waals surface area contributed by atoms with Crippen molar-refractivity contribution in [3.05, 3.63) is 63.4 Å². The number of carbonyl (C=O) groups is 2. The van der Waals surface area contributed by atoms with Gasteiger partial charge in [0.05, 0.1) is 19.1 Å². The van der Waals surface area contributed by atoms with E-state index in [1.165, 1.54) is 0 Å². The number of methoxy groups -OCH3 is 1. The summed E-state index contributed by atoms with van der Waals surface area (Å²) in [4.78, 5) is 28.2. The van der Waals surface area contributed by atoms with Gasteiger partial charge in [0.15, 0.2) is 5.78 Å². The normalized spacial score (nSPS) is 16.1. The number of benzene rings is 2. The number of hydrogen-bond donors (Lipinski definition) is 0. The summed E-state index contributed by atoms with van der Waals surface area (Å²) >= 11 is 3.09. The predicted octanol–water partition coefficient (Wildman–Crippen LogP) is 4.21. The first-order valence-corrected chi connectivity index (χ1v) is 12.6. The van der Waals surface area contributed by atoms with Crippen molar-refractivity contribution < 1.29 is 14.3 Å². The van der Waals surface area contributed by atoms with Crippen molar-refractivity contribution >= 4 is 54.2 Å². The lowest BCUT2D eigenvalue weighted by Gasteiger charge is -2.37. The summed E-state index contributed by atoms with van der Waals surface area (Å²) in [6.45, 7) is 0.443. The first-order chi connectivity index (χ1) is 14.9. The topological polar surface area (TPSA) is 46.6 Å². The van der Waals surface area contributed by atoms with Gasteiger partial charge in [-0.05, 0) is 54.7 Å². The van der Waals surface area contributed by atoms with Crippen LogP contribution in [0.5, 0.6) is 5.75 Å². The maximum absolute atomic E-state index is 13.5. The summed E-state index contributed by atoms with van der Waals surface area (Å²) in [5.41, 5.74) is 3.15. The number of ether oxygens (including phenoxy) is 1. The zero-order valence-electron chi connectivity index (χ0n) is 17.9. The minimum atomic E-state index is -0.544. The zero-order chi connectivity index (χ0) is 22.2. The number of carbonyl (C=O) groups excluding carboxylic acids is 2. The molecule has 1 aliphatic heterocycles. The van der Waals surface area contributed by atoms with Gasteiger partial charge in [-0.2, -0.15) is 0 Å². The van der Waals surface area contributed by atoms with E-state index in [9.17, 15) is 9.59 Å². The minimum Gasteiger partial charge on any atom is -0.497 e. The molecule has 0 N–H and O–H groups in total. The van der Waals surface area contributed by atoms with Crippen LogP contribution in [0.15, 0.2) is 46.7 Å². The fraction of sp³-hybridized carbons (Fsp3) is 0.333. The molecule has 4 nitrogen and oxygen atoms in total. The van der Waals surface area contributed by atoms with E-state index in [2.05, 4.69) is 0 Å². The highest BCUT2D eigenvalue weighted by molar-refractivity contribution is 8.21. The van der Waals surface area contributed by atoms with E-state index in [1.807, 2.05) is 42.8 Å². The first kappa shape index (κ1) is 22.1. The second-order valence-corrected chi connectivity index (χ2v) is 9.83. The molecule has 158 valence electrons. The van der Waals surface area contributed by atoms with Gasteiger partial charge in [-0.1, -0.05) is 30.1 Å². The molecule has 0 unspecified atom stereocenters. The van der Waals surface area contributed by atoms with Crippen molar-refractivity contribution in [2.75, 3.05) is 24.5 Å². The van der Waals surface area contributed by atoms with E-state index in [-0.39, 0.29) is 11.7 Å². The van der Waals surface area contributed by atoms with E-state index < -0.39 is 5.41 Å². The van der Waals surface area contributed by atoms with E-state index in [1.54, 1.807) is 47.7 Å². The third-order valence-corrected chi connectivity index (χ3v) is 8.26. The monoisotopic (exact) mass is 449 g/mol. The molecule has 0 aromatic heterocycles. The Balaban J connectivity index is 1.74. The molecule has 0 saturated heterocycles. The van der Waals surface area contributed by atoms with Gasteiger partial charge >= 0.3 is 0 Å². The van der Waals surface area contributed by atoms with Crippen LogP contribution in [0.1, 0.15) is 40.7 Å². The molecule has 7 heteroatoms. The Kier molecular flexibility index (Phi) is 6.26. The molecule has 2 radical (unpaired) electrons. The molecule has 2 aromatic carbocycles. The molecule has 1 saturated carbocycles. The van der Waals surface area contributed by atoms with Crippen LogP contribution in [0, 0.1) is 0 Å². The molecule has 0 bridgehead atoms. The Hall–Kier alpha value is -2.12. The maximum Gasteiger partial charge on any atom is 0.238 e. The van der Waals surface area contributed by atoms with Crippen molar-refractivity contribution in [3.8, 4) is 5.75 Å². The first-order valence-electron chi connectivity index (χ1n) is 10.2. The van der Waals surface area contributed by atoms with Gasteiger partial charge in [-0.3, -0.25) is 9.59 Å². The average Bonchev–Trinajstić information content (AvgIpc) is 3.00. The Morgan fingerprint density at radius 2 is 1.87 bits per heavy atom. The number of allylic oxidation sites excluding steroid dienone is 1. The van der Waals surface area contributed by atoms with Crippen LogP contribution in [0.4, 0.5) is 5.69 Å². The maximum atomic E-state index is 13.5. The van der Waals surface area contributed by atoms with Crippen molar-refractivity contribution in [2.24, 2.45) is 0 Å². The Morgan fingerprint density at radius 1 is 1.19 bits per heavy atom. The highest BCUT2D eigenvalue weighted by Crippen LogP contribution is 2.53. The summed E-state index contributed by atoms with van der Waals surface area (Å²) in [5, 5.41) is 0. The Labute approximate surface area is 193 Å². The summed E-state index contributed by atoms with van der Waals surface area (Å²) in [7, 11) is 8.09. The smallest absolute Gasteiger partial charge is 0.238 e. The molecular weight excluding hydrogens is 425 g/mol. The summed E-state index contributed by atoms with van der Waals surface area (Å²) < 4.78 is 6.18. The van der Waals surface area contributed by atoms with Gasteiger partial charge in [-0.15, -0.1) is 23.5 Å². The quantitative estimate of drug-likeness (QED) is 0.360. The third-order valence-electron chi connectivity index (χ3n) is 6.22. The van der Waals surface area contributed by atoms with Gasteiger partial charge in [-0.25, -0.2) is 0 Å². The number of ketones is 1. The highest BCUT2D eigenvalue weighted by Gasteiger charge is 2.54. The van der Waals surface area contributed by atoms with Crippen LogP contribution in [0.2, 0.25) is 0 Å². The third kappa shape index (κ3) is 3.83. The summed E-state index contributed by atoms with van der Waals surface area (Å²) in [6.07, 6.45) is 8.15. The number of hydrogen-bond acceptors (Lipinski definition) is 5. The summed E-state index contributed by atoms with van der Waals surface area (Å²) in [6, 6.07) is 11.3. The molecule has 1 fully saturated rings. The Morgan fingerprint density at radius 3 is 2.42 bits per heavy atom. The average molecular weight is 449 g/mol. The van der Waals surface area contributed by atoms with Gasteiger partial charge in [0.25, 0.3) is 0 Å². The molecule has 4 rings (SSSR count). The molecule has 0 atom stereocenters. The van der Waals surface area contributed by atoms with Crippen LogP contribution in [-0.4, -0.2) is 39.2 Å². The van der Waals surface area contributed by atoms with E-state index >= 15 is 0 Å². The minimum absolute atomic E-state index is 0.0799. The van der Waals surface area contributed by atoms with E-state index in [4.69, 9.17) is 12.6 Å². The second kappa shape index (κ2) is 8.79.